The standard InChI is InChI=1S/C10H11N/c1-2-8-3-4-9-6-11-7-10(9)5-8/h3-5,7H,2,6H2,1H3. The minimum Gasteiger partial charge on any atom is -0.288 e. The summed E-state index contributed by atoms with van der Waals surface area (Å²) < 4.78 is 0. The van der Waals surface area contributed by atoms with Crippen LogP contribution in [0.5, 0.6) is 0 Å². The lowest BCUT2D eigenvalue weighted by atomic mass is 10.1. The highest BCUT2D eigenvalue weighted by Gasteiger charge is 2.04. The summed E-state index contributed by atoms with van der Waals surface area (Å²) in [7, 11) is 0. The highest BCUT2D eigenvalue weighted by molar-refractivity contribution is 5.84. The maximum absolute atomic E-state index is 4.20. The Labute approximate surface area is 66.8 Å². The first kappa shape index (κ1) is 6.59. The summed E-state index contributed by atoms with van der Waals surface area (Å²) in [5.41, 5.74) is 4.07. The molecule has 56 valence electrons. The van der Waals surface area contributed by atoms with Crippen LogP contribution in [0.25, 0.3) is 0 Å². The molecule has 11 heavy (non-hydrogen) atoms. The lowest BCUT2D eigenvalue weighted by Gasteiger charge is -1.99. The second-order valence-electron chi connectivity index (χ2n) is 2.86. The van der Waals surface area contributed by atoms with Gasteiger partial charge in [0.25, 0.3) is 0 Å². The molecule has 1 heteroatoms. The quantitative estimate of drug-likeness (QED) is 0.574. The topological polar surface area (TPSA) is 12.4 Å². The van der Waals surface area contributed by atoms with Crippen molar-refractivity contribution >= 4 is 6.21 Å². The van der Waals surface area contributed by atoms with Crippen molar-refractivity contribution in [1.29, 1.82) is 0 Å². The van der Waals surface area contributed by atoms with Crippen LogP contribution in [0.1, 0.15) is 23.6 Å². The van der Waals surface area contributed by atoms with Crippen LogP contribution < -0.4 is 0 Å². The van der Waals surface area contributed by atoms with Gasteiger partial charge in [0.15, 0.2) is 0 Å². The Morgan fingerprint density at radius 3 is 3.18 bits per heavy atom. The first-order valence-corrected chi connectivity index (χ1v) is 4.02. The zero-order valence-electron chi connectivity index (χ0n) is 6.67. The van der Waals surface area contributed by atoms with E-state index in [2.05, 4.69) is 30.1 Å². The third-order valence-corrected chi connectivity index (χ3v) is 2.11. The van der Waals surface area contributed by atoms with Crippen molar-refractivity contribution in [2.45, 2.75) is 19.9 Å². The molecule has 1 nitrogen and oxygen atoms in total. The number of hydrogen-bond donors (Lipinski definition) is 0. The van der Waals surface area contributed by atoms with Gasteiger partial charge in [-0.15, -0.1) is 0 Å². The Morgan fingerprint density at radius 1 is 1.45 bits per heavy atom. The molecule has 0 atom stereocenters. The molecular weight excluding hydrogens is 134 g/mol. The molecule has 1 aromatic carbocycles. The van der Waals surface area contributed by atoms with E-state index in [0.717, 1.165) is 13.0 Å². The molecule has 2 rings (SSSR count). The van der Waals surface area contributed by atoms with Gasteiger partial charge in [-0.05, 0) is 29.2 Å². The Morgan fingerprint density at radius 2 is 2.36 bits per heavy atom. The lowest BCUT2D eigenvalue weighted by Crippen LogP contribution is -1.87. The molecule has 1 heterocycles. The molecule has 0 bridgehead atoms. The summed E-state index contributed by atoms with van der Waals surface area (Å²) in [4.78, 5) is 4.20. The minimum atomic E-state index is 0.874. The Bertz CT molecular complexity index is 300. The molecule has 1 aromatic rings. The monoisotopic (exact) mass is 145 g/mol. The zero-order chi connectivity index (χ0) is 7.68. The van der Waals surface area contributed by atoms with Crippen LogP contribution >= 0.6 is 0 Å². The van der Waals surface area contributed by atoms with Crippen LogP contribution in [0.15, 0.2) is 23.2 Å². The van der Waals surface area contributed by atoms with Gasteiger partial charge in [0.2, 0.25) is 0 Å². The second kappa shape index (κ2) is 2.50. The molecule has 0 radical (unpaired) electrons. The van der Waals surface area contributed by atoms with Crippen molar-refractivity contribution in [2.75, 3.05) is 0 Å². The molecule has 0 unspecified atom stereocenters. The number of fused-ring (bicyclic) bond motifs is 1. The van der Waals surface area contributed by atoms with E-state index >= 15 is 0 Å². The molecule has 1 aliphatic heterocycles. The van der Waals surface area contributed by atoms with Gasteiger partial charge < -0.3 is 0 Å². The molecule has 1 aliphatic rings. The van der Waals surface area contributed by atoms with Crippen LogP contribution in [0.2, 0.25) is 0 Å². The Balaban J connectivity index is 2.47. The smallest absolute Gasteiger partial charge is 0.0646 e. The molecule has 0 N–H and O–H groups in total. The normalized spacial score (nSPS) is 13.5. The number of nitrogens with zero attached hydrogens (tertiary/aromatic N) is 1. The van der Waals surface area contributed by atoms with Crippen molar-refractivity contribution in [3.63, 3.8) is 0 Å². The Kier molecular flexibility index (Phi) is 1.50. The number of rotatable bonds is 1. The van der Waals surface area contributed by atoms with Gasteiger partial charge in [0.1, 0.15) is 0 Å². The van der Waals surface area contributed by atoms with Crippen LogP contribution in [-0.4, -0.2) is 6.21 Å². The van der Waals surface area contributed by atoms with Crippen LogP contribution in [0, 0.1) is 0 Å². The van der Waals surface area contributed by atoms with E-state index in [1.165, 1.54) is 16.7 Å². The summed E-state index contributed by atoms with van der Waals surface area (Å²) in [5.74, 6) is 0. The summed E-state index contributed by atoms with van der Waals surface area (Å²) in [6.07, 6.45) is 3.08. The van der Waals surface area contributed by atoms with Crippen molar-refractivity contribution in [1.82, 2.24) is 0 Å². The molecular formula is C10H11N. The van der Waals surface area contributed by atoms with E-state index in [4.69, 9.17) is 0 Å². The van der Waals surface area contributed by atoms with Crippen LogP contribution in [0.4, 0.5) is 0 Å². The summed E-state index contributed by atoms with van der Waals surface area (Å²) in [5, 5.41) is 0. The minimum absolute atomic E-state index is 0.874. The van der Waals surface area contributed by atoms with E-state index in [0.29, 0.717) is 0 Å². The fourth-order valence-corrected chi connectivity index (χ4v) is 1.37. The Hall–Kier alpha value is -1.11. The zero-order valence-corrected chi connectivity index (χ0v) is 6.67. The predicted molar refractivity (Wildman–Crippen MR) is 47.1 cm³/mol. The fraction of sp³-hybridized carbons (Fsp3) is 0.300. The van der Waals surface area contributed by atoms with Crippen LogP contribution in [-0.2, 0) is 13.0 Å². The maximum atomic E-state index is 4.20. The van der Waals surface area contributed by atoms with Crippen LogP contribution in [0.3, 0.4) is 0 Å². The third-order valence-electron chi connectivity index (χ3n) is 2.11. The van der Waals surface area contributed by atoms with E-state index < -0.39 is 0 Å². The van der Waals surface area contributed by atoms with Crippen molar-refractivity contribution in [3.8, 4) is 0 Å². The first-order valence-electron chi connectivity index (χ1n) is 4.02. The van der Waals surface area contributed by atoms with Crippen molar-refractivity contribution < 1.29 is 0 Å². The van der Waals surface area contributed by atoms with Gasteiger partial charge in [-0.25, -0.2) is 0 Å². The van der Waals surface area contributed by atoms with Gasteiger partial charge in [-0.3, -0.25) is 4.99 Å². The van der Waals surface area contributed by atoms with Crippen molar-refractivity contribution in [3.05, 3.63) is 34.9 Å². The van der Waals surface area contributed by atoms with E-state index in [1.807, 2.05) is 6.21 Å². The third kappa shape index (κ3) is 1.07. The van der Waals surface area contributed by atoms with Gasteiger partial charge >= 0.3 is 0 Å². The predicted octanol–water partition coefficient (Wildman–Crippen LogP) is 2.18. The molecule has 0 saturated carbocycles. The average molecular weight is 145 g/mol. The largest absolute Gasteiger partial charge is 0.288 e. The highest BCUT2D eigenvalue weighted by atomic mass is 14.7. The lowest BCUT2D eigenvalue weighted by molar-refractivity contribution is 1.09. The molecule has 0 saturated heterocycles. The highest BCUT2D eigenvalue weighted by Crippen LogP contribution is 2.16. The molecule has 0 aliphatic carbocycles. The summed E-state index contributed by atoms with van der Waals surface area (Å²) in [6, 6.07) is 6.60. The molecule has 0 fully saturated rings. The SMILES string of the molecule is CCc1ccc2c(c1)C=NC2. The second-order valence-corrected chi connectivity index (χ2v) is 2.86. The van der Waals surface area contributed by atoms with Gasteiger partial charge in [0, 0.05) is 6.21 Å². The summed E-state index contributed by atoms with van der Waals surface area (Å²) >= 11 is 0. The maximum Gasteiger partial charge on any atom is 0.0646 e. The average Bonchev–Trinajstić information content (AvgIpc) is 2.50. The fourth-order valence-electron chi connectivity index (χ4n) is 1.37. The van der Waals surface area contributed by atoms with Gasteiger partial charge in [-0.1, -0.05) is 19.1 Å². The van der Waals surface area contributed by atoms with Gasteiger partial charge in [-0.2, -0.15) is 0 Å². The number of aryl methyl sites for hydroxylation is 1. The van der Waals surface area contributed by atoms with E-state index in [-0.39, 0.29) is 0 Å². The molecule has 0 spiro atoms. The van der Waals surface area contributed by atoms with E-state index in [9.17, 15) is 0 Å². The summed E-state index contributed by atoms with van der Waals surface area (Å²) in [6.45, 7) is 3.05. The van der Waals surface area contributed by atoms with E-state index in [1.54, 1.807) is 0 Å². The number of benzene rings is 1. The van der Waals surface area contributed by atoms with Gasteiger partial charge in [0.05, 0.1) is 6.54 Å². The van der Waals surface area contributed by atoms with Crippen molar-refractivity contribution in [2.24, 2.45) is 4.99 Å². The first-order chi connectivity index (χ1) is 5.40. The molecule has 0 amide bonds. The molecule has 0 aromatic heterocycles. The number of aliphatic imine (C=N–C) groups is 1. The number of hydrogen-bond acceptors (Lipinski definition) is 1.